The molecule has 1 aromatic carbocycles. The lowest BCUT2D eigenvalue weighted by atomic mass is 10.2. The van der Waals surface area contributed by atoms with Crippen molar-refractivity contribution in [1.29, 1.82) is 0 Å². The second-order valence-corrected chi connectivity index (χ2v) is 3.76. The van der Waals surface area contributed by atoms with E-state index < -0.39 is 0 Å². The summed E-state index contributed by atoms with van der Waals surface area (Å²) in [5.41, 5.74) is 1.68. The van der Waals surface area contributed by atoms with Crippen molar-refractivity contribution in [1.82, 2.24) is 14.8 Å². The standard InChI is InChI=1S/C11H10N4O2/c1-14-9-3-2-8(15-6-12-13-7-15)4-10(9)17-5-11(14)16/h2-4,6-7H,5H2,1H3. The molecule has 0 bridgehead atoms. The summed E-state index contributed by atoms with van der Waals surface area (Å²) < 4.78 is 7.18. The molecule has 0 aliphatic carbocycles. The van der Waals surface area contributed by atoms with Crippen LogP contribution in [0.2, 0.25) is 0 Å². The maximum Gasteiger partial charge on any atom is 0.264 e. The van der Waals surface area contributed by atoms with Crippen LogP contribution in [0.1, 0.15) is 0 Å². The average Bonchev–Trinajstić information content (AvgIpc) is 2.87. The van der Waals surface area contributed by atoms with Crippen LogP contribution in [-0.4, -0.2) is 34.3 Å². The van der Waals surface area contributed by atoms with Crippen molar-refractivity contribution in [3.8, 4) is 11.4 Å². The fourth-order valence-corrected chi connectivity index (χ4v) is 1.76. The molecule has 6 heteroatoms. The van der Waals surface area contributed by atoms with Gasteiger partial charge in [0.25, 0.3) is 5.91 Å². The van der Waals surface area contributed by atoms with E-state index in [2.05, 4.69) is 10.2 Å². The van der Waals surface area contributed by atoms with Gasteiger partial charge in [-0.1, -0.05) is 0 Å². The molecule has 1 aliphatic rings. The number of rotatable bonds is 1. The number of hydrogen-bond donors (Lipinski definition) is 0. The third kappa shape index (κ3) is 1.54. The van der Waals surface area contributed by atoms with E-state index in [0.717, 1.165) is 11.4 Å². The number of likely N-dealkylation sites (N-methyl/N-ethyl adjacent to an activating group) is 1. The molecule has 0 N–H and O–H groups in total. The molecule has 17 heavy (non-hydrogen) atoms. The molecule has 1 aromatic heterocycles. The van der Waals surface area contributed by atoms with Crippen LogP contribution < -0.4 is 9.64 Å². The highest BCUT2D eigenvalue weighted by Gasteiger charge is 2.22. The van der Waals surface area contributed by atoms with Crippen molar-refractivity contribution < 1.29 is 9.53 Å². The molecule has 1 amide bonds. The van der Waals surface area contributed by atoms with Crippen LogP contribution >= 0.6 is 0 Å². The Hall–Kier alpha value is -2.37. The van der Waals surface area contributed by atoms with Gasteiger partial charge in [-0.15, -0.1) is 10.2 Å². The first-order valence-electron chi connectivity index (χ1n) is 5.14. The summed E-state index contributed by atoms with van der Waals surface area (Å²) >= 11 is 0. The van der Waals surface area contributed by atoms with Crippen LogP contribution in [-0.2, 0) is 4.79 Å². The monoisotopic (exact) mass is 230 g/mol. The van der Waals surface area contributed by atoms with Crippen molar-refractivity contribution in [2.24, 2.45) is 0 Å². The van der Waals surface area contributed by atoms with Gasteiger partial charge in [-0.05, 0) is 12.1 Å². The van der Waals surface area contributed by atoms with Crippen LogP contribution in [0.4, 0.5) is 5.69 Å². The van der Waals surface area contributed by atoms with Crippen molar-refractivity contribution in [3.05, 3.63) is 30.9 Å². The molecular weight excluding hydrogens is 220 g/mol. The van der Waals surface area contributed by atoms with E-state index in [1.54, 1.807) is 29.2 Å². The summed E-state index contributed by atoms with van der Waals surface area (Å²) in [6.07, 6.45) is 3.22. The minimum atomic E-state index is -0.0467. The minimum absolute atomic E-state index is 0.0467. The van der Waals surface area contributed by atoms with Gasteiger partial charge in [-0.3, -0.25) is 9.36 Å². The van der Waals surface area contributed by atoms with Gasteiger partial charge in [0, 0.05) is 13.1 Å². The summed E-state index contributed by atoms with van der Waals surface area (Å²) in [6.45, 7) is 0.0785. The molecule has 6 nitrogen and oxygen atoms in total. The first-order chi connectivity index (χ1) is 8.25. The molecule has 86 valence electrons. The normalized spacial score (nSPS) is 14.4. The largest absolute Gasteiger partial charge is 0.481 e. The van der Waals surface area contributed by atoms with Gasteiger partial charge >= 0.3 is 0 Å². The second kappa shape index (κ2) is 3.58. The Bertz CT molecular complexity index is 565. The highest BCUT2D eigenvalue weighted by atomic mass is 16.5. The smallest absolute Gasteiger partial charge is 0.264 e. The molecule has 2 aromatic rings. The lowest BCUT2D eigenvalue weighted by Gasteiger charge is -2.26. The van der Waals surface area contributed by atoms with E-state index in [4.69, 9.17) is 4.74 Å². The first kappa shape index (κ1) is 9.83. The van der Waals surface area contributed by atoms with Crippen molar-refractivity contribution >= 4 is 11.6 Å². The number of hydrogen-bond acceptors (Lipinski definition) is 4. The number of nitrogens with zero attached hydrogens (tertiary/aromatic N) is 4. The number of carbonyl (C=O) groups is 1. The fourth-order valence-electron chi connectivity index (χ4n) is 1.76. The summed E-state index contributed by atoms with van der Waals surface area (Å²) in [5, 5.41) is 7.49. The maximum absolute atomic E-state index is 11.4. The number of benzene rings is 1. The molecule has 0 spiro atoms. The van der Waals surface area contributed by atoms with E-state index >= 15 is 0 Å². The van der Waals surface area contributed by atoms with Gasteiger partial charge in [0.2, 0.25) is 0 Å². The quantitative estimate of drug-likeness (QED) is 0.720. The zero-order valence-electron chi connectivity index (χ0n) is 9.20. The minimum Gasteiger partial charge on any atom is -0.481 e. The van der Waals surface area contributed by atoms with Crippen LogP contribution in [0, 0.1) is 0 Å². The van der Waals surface area contributed by atoms with Crippen molar-refractivity contribution in [3.63, 3.8) is 0 Å². The van der Waals surface area contributed by atoms with Gasteiger partial charge in [-0.25, -0.2) is 0 Å². The molecule has 2 heterocycles. The van der Waals surface area contributed by atoms with Gasteiger partial charge < -0.3 is 9.64 Å². The van der Waals surface area contributed by atoms with Gasteiger partial charge in [0.15, 0.2) is 6.61 Å². The van der Waals surface area contributed by atoms with Crippen molar-refractivity contribution in [2.45, 2.75) is 0 Å². The highest BCUT2D eigenvalue weighted by Crippen LogP contribution is 2.32. The molecule has 1 aliphatic heterocycles. The highest BCUT2D eigenvalue weighted by molar-refractivity contribution is 5.97. The second-order valence-electron chi connectivity index (χ2n) is 3.76. The van der Waals surface area contributed by atoms with E-state index in [1.807, 2.05) is 18.2 Å². The summed E-state index contributed by atoms with van der Waals surface area (Å²) in [4.78, 5) is 13.0. The van der Waals surface area contributed by atoms with Crippen molar-refractivity contribution in [2.75, 3.05) is 18.6 Å². The van der Waals surface area contributed by atoms with E-state index in [-0.39, 0.29) is 12.5 Å². The summed E-state index contributed by atoms with van der Waals surface area (Å²) in [5.74, 6) is 0.646. The molecule has 0 fully saturated rings. The Morgan fingerprint density at radius 1 is 1.29 bits per heavy atom. The van der Waals surface area contributed by atoms with Crippen LogP contribution in [0.3, 0.4) is 0 Å². The van der Waals surface area contributed by atoms with Crippen LogP contribution in [0.25, 0.3) is 5.69 Å². The van der Waals surface area contributed by atoms with E-state index in [1.165, 1.54) is 0 Å². The molecule has 0 radical (unpaired) electrons. The molecule has 0 unspecified atom stereocenters. The molecule has 0 atom stereocenters. The Kier molecular flexibility index (Phi) is 2.07. The number of anilines is 1. The fraction of sp³-hybridized carbons (Fsp3) is 0.182. The van der Waals surface area contributed by atoms with Gasteiger partial charge in [0.1, 0.15) is 18.4 Å². The third-order valence-corrected chi connectivity index (χ3v) is 2.75. The Labute approximate surface area is 97.4 Å². The SMILES string of the molecule is CN1C(=O)COc2cc(-n3cnnc3)ccc21. The average molecular weight is 230 g/mol. The predicted molar refractivity (Wildman–Crippen MR) is 60.3 cm³/mol. The van der Waals surface area contributed by atoms with Gasteiger partial charge in [-0.2, -0.15) is 0 Å². The summed E-state index contributed by atoms with van der Waals surface area (Å²) in [6, 6.07) is 5.60. The maximum atomic E-state index is 11.4. The number of aromatic nitrogens is 3. The zero-order chi connectivity index (χ0) is 11.8. The topological polar surface area (TPSA) is 60.2 Å². The lowest BCUT2D eigenvalue weighted by Crippen LogP contribution is -2.35. The molecule has 3 rings (SSSR count). The Morgan fingerprint density at radius 3 is 2.82 bits per heavy atom. The summed E-state index contributed by atoms with van der Waals surface area (Å²) in [7, 11) is 1.74. The Balaban J connectivity index is 2.06. The first-order valence-corrected chi connectivity index (χ1v) is 5.14. The number of ether oxygens (including phenoxy) is 1. The zero-order valence-corrected chi connectivity index (χ0v) is 9.20. The van der Waals surface area contributed by atoms with Crippen LogP contribution in [0.15, 0.2) is 30.9 Å². The van der Waals surface area contributed by atoms with Gasteiger partial charge in [0.05, 0.1) is 11.4 Å². The Morgan fingerprint density at radius 2 is 2.06 bits per heavy atom. The number of amides is 1. The van der Waals surface area contributed by atoms with Crippen LogP contribution in [0.5, 0.6) is 5.75 Å². The predicted octanol–water partition coefficient (Wildman–Crippen LogP) is 0.622. The lowest BCUT2D eigenvalue weighted by molar-refractivity contribution is -0.120. The molecule has 0 saturated heterocycles. The number of fused-ring (bicyclic) bond motifs is 1. The molecular formula is C11H10N4O2. The number of carbonyl (C=O) groups excluding carboxylic acids is 1. The van der Waals surface area contributed by atoms with E-state index in [0.29, 0.717) is 5.75 Å². The third-order valence-electron chi connectivity index (χ3n) is 2.75. The molecule has 0 saturated carbocycles. The van der Waals surface area contributed by atoms with E-state index in [9.17, 15) is 4.79 Å².